The maximum atomic E-state index is 13.3. The van der Waals surface area contributed by atoms with Crippen molar-refractivity contribution in [3.05, 3.63) is 58.7 Å². The van der Waals surface area contributed by atoms with Gasteiger partial charge in [-0.05, 0) is 69.4 Å². The molecule has 3 rings (SSSR count). The Labute approximate surface area is 196 Å². The van der Waals surface area contributed by atoms with Crippen LogP contribution in [-0.2, 0) is 24.8 Å². The lowest BCUT2D eigenvalue weighted by Gasteiger charge is -2.32. The van der Waals surface area contributed by atoms with E-state index in [0.29, 0.717) is 23.3 Å². The minimum atomic E-state index is -3.83. The maximum Gasteiger partial charge on any atom is 0.243 e. The number of hydrogen-bond donors (Lipinski definition) is 2. The predicted molar refractivity (Wildman–Crippen MR) is 127 cm³/mol. The summed E-state index contributed by atoms with van der Waals surface area (Å²) in [5.74, 6) is -0.496. The molecule has 2 aromatic rings. The molecule has 1 aliphatic rings. The number of piperidine rings is 1. The third kappa shape index (κ3) is 5.63. The van der Waals surface area contributed by atoms with Gasteiger partial charge in [-0.15, -0.1) is 0 Å². The van der Waals surface area contributed by atoms with Gasteiger partial charge < -0.3 is 5.32 Å². The molecule has 1 fully saturated rings. The summed E-state index contributed by atoms with van der Waals surface area (Å²) in [6.07, 6.45) is 0.831. The zero-order valence-corrected chi connectivity index (χ0v) is 21.0. The quantitative estimate of drug-likeness (QED) is 0.639. The van der Waals surface area contributed by atoms with Crippen molar-refractivity contribution >= 4 is 26.0 Å². The monoisotopic (exact) mass is 493 g/mol. The molecule has 1 atom stereocenters. The second-order valence-electron chi connectivity index (χ2n) is 8.75. The molecule has 0 spiro atoms. The van der Waals surface area contributed by atoms with Gasteiger partial charge in [0.15, 0.2) is 0 Å². The van der Waals surface area contributed by atoms with E-state index in [2.05, 4.69) is 5.32 Å². The van der Waals surface area contributed by atoms with Crippen molar-refractivity contribution in [1.82, 2.24) is 9.62 Å². The number of carbonyl (C=O) groups is 1. The van der Waals surface area contributed by atoms with Crippen LogP contribution in [0.25, 0.3) is 0 Å². The van der Waals surface area contributed by atoms with Gasteiger partial charge >= 0.3 is 0 Å². The highest BCUT2D eigenvalue weighted by Gasteiger charge is 2.34. The number of nitrogens with two attached hydrogens (primary N) is 1. The number of hydrogen-bond acceptors (Lipinski definition) is 5. The summed E-state index contributed by atoms with van der Waals surface area (Å²) in [6, 6.07) is 9.47. The molecule has 0 aromatic heterocycles. The van der Waals surface area contributed by atoms with E-state index in [1.54, 1.807) is 32.9 Å². The smallest absolute Gasteiger partial charge is 0.243 e. The average molecular weight is 494 g/mol. The van der Waals surface area contributed by atoms with Crippen LogP contribution in [0.4, 0.5) is 0 Å². The van der Waals surface area contributed by atoms with E-state index >= 15 is 0 Å². The summed E-state index contributed by atoms with van der Waals surface area (Å²) in [6.45, 7) is 7.85. The van der Waals surface area contributed by atoms with Crippen molar-refractivity contribution in [3.8, 4) is 0 Å². The Morgan fingerprint density at radius 2 is 1.61 bits per heavy atom. The van der Waals surface area contributed by atoms with Gasteiger partial charge in [-0.2, -0.15) is 4.31 Å². The van der Waals surface area contributed by atoms with Gasteiger partial charge in [0.2, 0.25) is 26.0 Å². The van der Waals surface area contributed by atoms with Gasteiger partial charge in [0, 0.05) is 19.0 Å². The van der Waals surface area contributed by atoms with E-state index in [1.807, 2.05) is 19.1 Å². The molecule has 0 aliphatic carbocycles. The molecule has 0 saturated carbocycles. The number of nitrogens with one attached hydrogen (secondary N) is 1. The molecule has 1 heterocycles. The zero-order chi connectivity index (χ0) is 24.6. The summed E-state index contributed by atoms with van der Waals surface area (Å²) >= 11 is 0. The molecule has 1 unspecified atom stereocenters. The standard InChI is InChI=1S/C23H31N3O5S2/c1-15-12-16(2)22(17(3)13-15)33(30,31)26-10-8-19(9-11-26)23(27)25-18(4)20-6-5-7-21(14-20)32(24,28)29/h5-7,12-14,18-19H,8-11H2,1-4H3,(H,25,27)(H2,24,28,29). The Bertz CT molecular complexity index is 1240. The Balaban J connectivity index is 1.66. The van der Waals surface area contributed by atoms with Crippen LogP contribution in [0.2, 0.25) is 0 Å². The Morgan fingerprint density at radius 1 is 1.03 bits per heavy atom. The largest absolute Gasteiger partial charge is 0.349 e. The maximum absolute atomic E-state index is 13.3. The van der Waals surface area contributed by atoms with Crippen molar-refractivity contribution in [2.45, 2.75) is 56.4 Å². The first-order valence-corrected chi connectivity index (χ1v) is 13.8. The van der Waals surface area contributed by atoms with E-state index in [0.717, 1.165) is 16.7 Å². The molecular weight excluding hydrogens is 462 g/mol. The topological polar surface area (TPSA) is 127 Å². The third-order valence-electron chi connectivity index (χ3n) is 6.07. The molecule has 1 saturated heterocycles. The molecule has 0 radical (unpaired) electrons. The van der Waals surface area contributed by atoms with Crippen LogP contribution in [-0.4, -0.2) is 40.1 Å². The highest BCUT2D eigenvalue weighted by atomic mass is 32.2. The lowest BCUT2D eigenvalue weighted by Crippen LogP contribution is -2.43. The van der Waals surface area contributed by atoms with E-state index in [9.17, 15) is 21.6 Å². The van der Waals surface area contributed by atoms with Gasteiger partial charge in [0.25, 0.3) is 0 Å². The van der Waals surface area contributed by atoms with Crippen LogP contribution in [0.5, 0.6) is 0 Å². The molecule has 3 N–H and O–H groups in total. The van der Waals surface area contributed by atoms with Crippen molar-refractivity contribution in [2.75, 3.05) is 13.1 Å². The molecule has 180 valence electrons. The molecular formula is C23H31N3O5S2. The van der Waals surface area contributed by atoms with Crippen molar-refractivity contribution in [2.24, 2.45) is 11.1 Å². The second kappa shape index (κ2) is 9.54. The summed E-state index contributed by atoms with van der Waals surface area (Å²) < 4.78 is 51.1. The van der Waals surface area contributed by atoms with Crippen LogP contribution in [0.15, 0.2) is 46.2 Å². The van der Waals surface area contributed by atoms with Crippen LogP contribution in [0, 0.1) is 26.7 Å². The SMILES string of the molecule is Cc1cc(C)c(S(=O)(=O)N2CCC(C(=O)NC(C)c3cccc(S(N)(=O)=O)c3)CC2)c(C)c1. The molecule has 8 nitrogen and oxygen atoms in total. The molecule has 1 amide bonds. The van der Waals surface area contributed by atoms with Crippen LogP contribution >= 0.6 is 0 Å². The lowest BCUT2D eigenvalue weighted by atomic mass is 9.96. The minimum Gasteiger partial charge on any atom is -0.349 e. The van der Waals surface area contributed by atoms with Gasteiger partial charge in [-0.1, -0.05) is 29.8 Å². The van der Waals surface area contributed by atoms with Crippen molar-refractivity contribution < 1.29 is 21.6 Å². The number of primary sulfonamides is 1. The fourth-order valence-corrected chi connectivity index (χ4v) is 6.89. The lowest BCUT2D eigenvalue weighted by molar-refractivity contribution is -0.126. The van der Waals surface area contributed by atoms with E-state index in [-0.39, 0.29) is 29.8 Å². The summed E-state index contributed by atoms with van der Waals surface area (Å²) in [5.41, 5.74) is 3.09. The van der Waals surface area contributed by atoms with Gasteiger partial charge in [0.1, 0.15) is 0 Å². The first-order chi connectivity index (χ1) is 15.3. The first kappa shape index (κ1) is 25.4. The minimum absolute atomic E-state index is 0.0127. The molecule has 2 aromatic carbocycles. The fourth-order valence-electron chi connectivity index (χ4n) is 4.44. The van der Waals surface area contributed by atoms with E-state index < -0.39 is 26.1 Å². The summed E-state index contributed by atoms with van der Waals surface area (Å²) in [4.78, 5) is 13.1. The molecule has 1 aliphatic heterocycles. The fraction of sp³-hybridized carbons (Fsp3) is 0.435. The zero-order valence-electron chi connectivity index (χ0n) is 19.3. The molecule has 0 bridgehead atoms. The molecule has 33 heavy (non-hydrogen) atoms. The second-order valence-corrected chi connectivity index (χ2v) is 12.2. The van der Waals surface area contributed by atoms with Gasteiger partial charge in [0.05, 0.1) is 15.8 Å². The molecule has 10 heteroatoms. The first-order valence-electron chi connectivity index (χ1n) is 10.8. The summed E-state index contributed by atoms with van der Waals surface area (Å²) in [7, 11) is -7.48. The van der Waals surface area contributed by atoms with Crippen molar-refractivity contribution in [3.63, 3.8) is 0 Å². The Kier molecular flexibility index (Phi) is 7.33. The number of nitrogens with zero attached hydrogens (tertiary/aromatic N) is 1. The highest BCUT2D eigenvalue weighted by Crippen LogP contribution is 2.29. The number of amides is 1. The van der Waals surface area contributed by atoms with E-state index in [4.69, 9.17) is 5.14 Å². The number of aryl methyl sites for hydroxylation is 3. The number of carbonyl (C=O) groups excluding carboxylic acids is 1. The Hall–Kier alpha value is -2.27. The average Bonchev–Trinajstić information content (AvgIpc) is 2.72. The predicted octanol–water partition coefficient (Wildman–Crippen LogP) is 2.54. The third-order valence-corrected chi connectivity index (χ3v) is 9.19. The number of sulfonamides is 2. The van der Waals surface area contributed by atoms with Gasteiger partial charge in [-0.25, -0.2) is 22.0 Å². The summed E-state index contributed by atoms with van der Waals surface area (Å²) in [5, 5.41) is 8.10. The van der Waals surface area contributed by atoms with Crippen LogP contribution in [0.3, 0.4) is 0 Å². The number of benzene rings is 2. The Morgan fingerprint density at radius 3 is 2.15 bits per heavy atom. The van der Waals surface area contributed by atoms with Crippen molar-refractivity contribution in [1.29, 1.82) is 0 Å². The van der Waals surface area contributed by atoms with Crippen LogP contribution in [0.1, 0.15) is 48.1 Å². The highest BCUT2D eigenvalue weighted by molar-refractivity contribution is 7.89. The van der Waals surface area contributed by atoms with Crippen LogP contribution < -0.4 is 10.5 Å². The number of rotatable bonds is 6. The normalized spacial score (nSPS) is 17.0. The van der Waals surface area contributed by atoms with Gasteiger partial charge in [-0.3, -0.25) is 4.79 Å². The van der Waals surface area contributed by atoms with E-state index in [1.165, 1.54) is 16.4 Å².